The first-order valence-electron chi connectivity index (χ1n) is 6.20. The Kier molecular flexibility index (Phi) is 7.14. The molecule has 0 heterocycles. The molecule has 18 heavy (non-hydrogen) atoms. The van der Waals surface area contributed by atoms with Gasteiger partial charge in [-0.05, 0) is 34.1 Å². The molecule has 0 amide bonds. The van der Waals surface area contributed by atoms with Crippen LogP contribution in [0.15, 0.2) is 36.0 Å². The van der Waals surface area contributed by atoms with Crippen molar-refractivity contribution in [3.05, 3.63) is 36.0 Å². The second-order valence-electron chi connectivity index (χ2n) is 5.36. The van der Waals surface area contributed by atoms with Crippen LogP contribution in [0.2, 0.25) is 0 Å². The van der Waals surface area contributed by atoms with Gasteiger partial charge in [0.15, 0.2) is 0 Å². The Hall–Kier alpha value is -0.900. The highest BCUT2D eigenvalue weighted by Crippen LogP contribution is 2.16. The third-order valence-corrected chi connectivity index (χ3v) is 2.60. The van der Waals surface area contributed by atoms with Crippen LogP contribution < -0.4 is 0 Å². The van der Waals surface area contributed by atoms with Crippen LogP contribution in [0.5, 0.6) is 0 Å². The van der Waals surface area contributed by atoms with E-state index >= 15 is 0 Å². The van der Waals surface area contributed by atoms with Crippen molar-refractivity contribution >= 4 is 0 Å². The Morgan fingerprint density at radius 1 is 1.17 bits per heavy atom. The quantitative estimate of drug-likeness (QED) is 0.611. The summed E-state index contributed by atoms with van der Waals surface area (Å²) in [6.45, 7) is 10.8. The molecule has 3 N–H and O–H groups in total. The van der Waals surface area contributed by atoms with Crippen LogP contribution >= 0.6 is 0 Å². The molecule has 0 spiro atoms. The maximum atomic E-state index is 9.80. The smallest absolute Gasteiger partial charge is 0.0824 e. The van der Waals surface area contributed by atoms with E-state index in [9.17, 15) is 15.3 Å². The summed E-state index contributed by atoms with van der Waals surface area (Å²) in [7, 11) is 0. The molecule has 3 heteroatoms. The lowest BCUT2D eigenvalue weighted by Gasteiger charge is -2.21. The molecule has 0 aromatic rings. The van der Waals surface area contributed by atoms with Crippen molar-refractivity contribution < 1.29 is 15.3 Å². The summed E-state index contributed by atoms with van der Waals surface area (Å²) in [5, 5.41) is 29.3. The molecular weight excluding hydrogens is 228 g/mol. The molecule has 3 atom stereocenters. The summed E-state index contributed by atoms with van der Waals surface area (Å²) in [6.07, 6.45) is 4.28. The molecule has 0 saturated carbocycles. The van der Waals surface area contributed by atoms with Gasteiger partial charge in [0.25, 0.3) is 0 Å². The first-order valence-corrected chi connectivity index (χ1v) is 6.20. The van der Waals surface area contributed by atoms with Crippen molar-refractivity contribution in [3.63, 3.8) is 0 Å². The number of hydrogen-bond donors (Lipinski definition) is 3. The molecule has 0 saturated heterocycles. The Morgan fingerprint density at radius 2 is 1.72 bits per heavy atom. The van der Waals surface area contributed by atoms with E-state index in [-0.39, 0.29) is 6.42 Å². The maximum absolute atomic E-state index is 9.80. The van der Waals surface area contributed by atoms with Gasteiger partial charge in [0.2, 0.25) is 0 Å². The molecular formula is C15H26O3. The third-order valence-electron chi connectivity index (χ3n) is 2.60. The van der Waals surface area contributed by atoms with E-state index in [1.807, 2.05) is 20.8 Å². The van der Waals surface area contributed by atoms with Gasteiger partial charge in [-0.1, -0.05) is 29.4 Å². The van der Waals surface area contributed by atoms with Crippen molar-refractivity contribution in [1.29, 1.82) is 0 Å². The van der Waals surface area contributed by atoms with Gasteiger partial charge < -0.3 is 15.3 Å². The largest absolute Gasteiger partial charge is 0.389 e. The molecule has 0 bridgehead atoms. The van der Waals surface area contributed by atoms with Gasteiger partial charge in [0.1, 0.15) is 0 Å². The Morgan fingerprint density at radius 3 is 2.17 bits per heavy atom. The average Bonchev–Trinajstić information content (AvgIpc) is 2.14. The molecule has 0 aliphatic heterocycles. The minimum absolute atomic E-state index is 0.201. The van der Waals surface area contributed by atoms with Crippen LogP contribution in [-0.2, 0) is 0 Å². The SMILES string of the molecule is C=C[C@](C)(O)C[C@H](O)/C=C(\C)C[C@H](O)C=C(C)C. The van der Waals surface area contributed by atoms with Gasteiger partial charge in [-0.3, -0.25) is 0 Å². The molecule has 0 rings (SSSR count). The van der Waals surface area contributed by atoms with E-state index in [4.69, 9.17) is 0 Å². The van der Waals surface area contributed by atoms with Crippen molar-refractivity contribution in [2.45, 2.75) is 58.3 Å². The number of aliphatic hydroxyl groups is 3. The van der Waals surface area contributed by atoms with Crippen LogP contribution in [0.4, 0.5) is 0 Å². The lowest BCUT2D eigenvalue weighted by Crippen LogP contribution is -2.26. The first-order chi connectivity index (χ1) is 8.16. The summed E-state index contributed by atoms with van der Waals surface area (Å²) in [5.41, 5.74) is 0.882. The van der Waals surface area contributed by atoms with E-state index in [1.165, 1.54) is 6.08 Å². The summed E-state index contributed by atoms with van der Waals surface area (Å²) in [5.74, 6) is 0. The highest BCUT2D eigenvalue weighted by atomic mass is 16.3. The van der Waals surface area contributed by atoms with Crippen LogP contribution in [0, 0.1) is 0 Å². The standard InChI is InChI=1S/C15H26O3/c1-6-15(5,18)10-14(17)9-12(4)8-13(16)7-11(2)3/h6-7,9,13-14,16-18H,1,8,10H2,2-5H3/b12-9+/t13-,14-,15+/m1/s1. The first kappa shape index (κ1) is 17.1. The fourth-order valence-corrected chi connectivity index (χ4v) is 1.74. The van der Waals surface area contributed by atoms with Gasteiger partial charge in [0, 0.05) is 6.42 Å². The summed E-state index contributed by atoms with van der Waals surface area (Å²) in [6, 6.07) is 0. The highest BCUT2D eigenvalue weighted by molar-refractivity contribution is 5.09. The summed E-state index contributed by atoms with van der Waals surface area (Å²) >= 11 is 0. The van der Waals surface area contributed by atoms with E-state index in [0.29, 0.717) is 6.42 Å². The second kappa shape index (κ2) is 7.52. The number of rotatable bonds is 7. The molecule has 0 radical (unpaired) electrons. The van der Waals surface area contributed by atoms with E-state index in [2.05, 4.69) is 6.58 Å². The molecule has 0 aromatic heterocycles. The minimum atomic E-state index is -1.07. The molecule has 3 nitrogen and oxygen atoms in total. The highest BCUT2D eigenvalue weighted by Gasteiger charge is 2.19. The van der Waals surface area contributed by atoms with Gasteiger partial charge in [-0.15, -0.1) is 6.58 Å². The summed E-state index contributed by atoms with van der Waals surface area (Å²) in [4.78, 5) is 0. The van der Waals surface area contributed by atoms with Gasteiger partial charge in [-0.2, -0.15) is 0 Å². The summed E-state index contributed by atoms with van der Waals surface area (Å²) < 4.78 is 0. The minimum Gasteiger partial charge on any atom is -0.389 e. The zero-order valence-electron chi connectivity index (χ0n) is 11.8. The lowest BCUT2D eigenvalue weighted by molar-refractivity contribution is 0.0573. The van der Waals surface area contributed by atoms with Crippen molar-refractivity contribution in [1.82, 2.24) is 0 Å². The monoisotopic (exact) mass is 254 g/mol. The molecule has 104 valence electrons. The average molecular weight is 254 g/mol. The Labute approximate surface area is 110 Å². The molecule has 0 aromatic carbocycles. The number of hydrogen-bond acceptors (Lipinski definition) is 3. The molecule has 0 aliphatic carbocycles. The third kappa shape index (κ3) is 8.23. The zero-order valence-corrected chi connectivity index (χ0v) is 11.8. The second-order valence-corrected chi connectivity index (χ2v) is 5.36. The number of allylic oxidation sites excluding steroid dienone is 1. The lowest BCUT2D eigenvalue weighted by atomic mass is 9.96. The number of aliphatic hydroxyl groups excluding tert-OH is 2. The van der Waals surface area contributed by atoms with Crippen molar-refractivity contribution in [2.75, 3.05) is 0 Å². The van der Waals surface area contributed by atoms with Gasteiger partial charge in [-0.25, -0.2) is 0 Å². The van der Waals surface area contributed by atoms with E-state index < -0.39 is 17.8 Å². The molecule has 0 aliphatic rings. The fourth-order valence-electron chi connectivity index (χ4n) is 1.74. The van der Waals surface area contributed by atoms with Crippen molar-refractivity contribution in [3.8, 4) is 0 Å². The predicted molar refractivity (Wildman–Crippen MR) is 75.3 cm³/mol. The molecule has 0 fully saturated rings. The topological polar surface area (TPSA) is 60.7 Å². The van der Waals surface area contributed by atoms with E-state index in [1.54, 1.807) is 19.1 Å². The Bertz CT molecular complexity index is 323. The van der Waals surface area contributed by atoms with Crippen LogP contribution in [-0.4, -0.2) is 33.1 Å². The van der Waals surface area contributed by atoms with Crippen LogP contribution in [0.1, 0.15) is 40.5 Å². The van der Waals surface area contributed by atoms with Gasteiger partial charge >= 0.3 is 0 Å². The fraction of sp³-hybridized carbons (Fsp3) is 0.600. The van der Waals surface area contributed by atoms with E-state index in [0.717, 1.165) is 11.1 Å². The molecule has 0 unspecified atom stereocenters. The maximum Gasteiger partial charge on any atom is 0.0824 e. The van der Waals surface area contributed by atoms with Crippen LogP contribution in [0.3, 0.4) is 0 Å². The Balaban J connectivity index is 4.41. The predicted octanol–water partition coefficient (Wildman–Crippen LogP) is 2.34. The van der Waals surface area contributed by atoms with Gasteiger partial charge in [0.05, 0.1) is 17.8 Å². The normalized spacial score (nSPS) is 18.7. The zero-order chi connectivity index (χ0) is 14.3. The van der Waals surface area contributed by atoms with Crippen molar-refractivity contribution in [2.24, 2.45) is 0 Å². The van der Waals surface area contributed by atoms with Crippen LogP contribution in [0.25, 0.3) is 0 Å².